The zero-order chi connectivity index (χ0) is 18.5. The molecular weight excluding hydrogens is 348 g/mol. The van der Waals surface area contributed by atoms with E-state index in [9.17, 15) is 4.79 Å². The van der Waals surface area contributed by atoms with E-state index in [0.29, 0.717) is 22.9 Å². The molecule has 0 spiro atoms. The van der Waals surface area contributed by atoms with Crippen molar-refractivity contribution in [2.75, 3.05) is 5.75 Å². The van der Waals surface area contributed by atoms with Crippen LogP contribution in [0.3, 0.4) is 0 Å². The molecule has 0 N–H and O–H groups in total. The Morgan fingerprint density at radius 2 is 2.08 bits per heavy atom. The Morgan fingerprint density at radius 3 is 2.81 bits per heavy atom. The maximum atomic E-state index is 12.4. The third kappa shape index (κ3) is 4.63. The lowest BCUT2D eigenvalue weighted by atomic mass is 9.75. The van der Waals surface area contributed by atoms with E-state index >= 15 is 0 Å². The van der Waals surface area contributed by atoms with E-state index in [2.05, 4.69) is 36.3 Å². The summed E-state index contributed by atoms with van der Waals surface area (Å²) in [6.07, 6.45) is 3.34. The van der Waals surface area contributed by atoms with Crippen molar-refractivity contribution >= 4 is 17.7 Å². The number of carbonyl (C=O) groups is 1. The van der Waals surface area contributed by atoms with Crippen molar-refractivity contribution in [1.82, 2.24) is 20.2 Å². The molecule has 6 nitrogen and oxygen atoms in total. The second-order valence-corrected chi connectivity index (χ2v) is 8.29. The summed E-state index contributed by atoms with van der Waals surface area (Å²) >= 11 is 1.31. The highest BCUT2D eigenvalue weighted by atomic mass is 32.2. The van der Waals surface area contributed by atoms with Gasteiger partial charge in [0.1, 0.15) is 6.10 Å². The maximum Gasteiger partial charge on any atom is 0.316 e. The van der Waals surface area contributed by atoms with Gasteiger partial charge in [0.25, 0.3) is 0 Å². The zero-order valence-electron chi connectivity index (χ0n) is 15.5. The summed E-state index contributed by atoms with van der Waals surface area (Å²) in [7, 11) is 0. The van der Waals surface area contributed by atoms with Crippen molar-refractivity contribution < 1.29 is 9.53 Å². The van der Waals surface area contributed by atoms with Crippen LogP contribution < -0.4 is 0 Å². The fourth-order valence-electron chi connectivity index (χ4n) is 3.58. The summed E-state index contributed by atoms with van der Waals surface area (Å²) < 4.78 is 7.48. The van der Waals surface area contributed by atoms with Crippen LogP contribution in [0, 0.1) is 17.8 Å². The molecule has 3 rings (SSSR count). The van der Waals surface area contributed by atoms with Crippen molar-refractivity contribution in [1.29, 1.82) is 0 Å². The summed E-state index contributed by atoms with van der Waals surface area (Å²) in [5.41, 5.74) is 0.870. The Bertz CT molecular complexity index is 719. The van der Waals surface area contributed by atoms with E-state index in [1.807, 2.05) is 30.3 Å². The standard InChI is InChI=1S/C19H26N4O2S/c1-13(2)16-10-9-14(3)11-17(16)25-18(24)12-26-19-20-21-22-23(19)15-7-5-4-6-8-15/h4-8,13-14,16-17H,9-12H2,1-3H3/t14-,16+,17-/m0/s1. The lowest BCUT2D eigenvalue weighted by molar-refractivity contribution is -0.152. The second kappa shape index (κ2) is 8.66. The third-order valence-corrected chi connectivity index (χ3v) is 5.90. The van der Waals surface area contributed by atoms with Gasteiger partial charge in [0.05, 0.1) is 11.4 Å². The van der Waals surface area contributed by atoms with Gasteiger partial charge >= 0.3 is 5.97 Å². The Kier molecular flexibility index (Phi) is 6.29. The van der Waals surface area contributed by atoms with E-state index in [0.717, 1.165) is 18.5 Å². The molecule has 1 fully saturated rings. The van der Waals surface area contributed by atoms with Gasteiger partial charge in [0.15, 0.2) is 0 Å². The highest BCUT2D eigenvalue weighted by Crippen LogP contribution is 2.35. The number of hydrogen-bond acceptors (Lipinski definition) is 6. The van der Waals surface area contributed by atoms with Crippen LogP contribution in [0.1, 0.15) is 40.0 Å². The van der Waals surface area contributed by atoms with Gasteiger partial charge in [-0.3, -0.25) is 4.79 Å². The second-order valence-electron chi connectivity index (χ2n) is 7.35. The quantitative estimate of drug-likeness (QED) is 0.566. The minimum absolute atomic E-state index is 0.0250. The van der Waals surface area contributed by atoms with Gasteiger partial charge in [-0.2, -0.15) is 4.68 Å². The molecular formula is C19H26N4O2S. The minimum Gasteiger partial charge on any atom is -0.461 e. The average molecular weight is 375 g/mol. The summed E-state index contributed by atoms with van der Waals surface area (Å²) in [6.45, 7) is 6.66. The number of para-hydroxylation sites is 1. The van der Waals surface area contributed by atoms with E-state index in [1.165, 1.54) is 18.2 Å². The van der Waals surface area contributed by atoms with E-state index in [-0.39, 0.29) is 17.8 Å². The van der Waals surface area contributed by atoms with Crippen LogP contribution in [-0.4, -0.2) is 38.0 Å². The van der Waals surface area contributed by atoms with Gasteiger partial charge in [-0.25, -0.2) is 0 Å². The first-order valence-electron chi connectivity index (χ1n) is 9.20. The Hall–Kier alpha value is -1.89. The van der Waals surface area contributed by atoms with Crippen LogP contribution in [-0.2, 0) is 9.53 Å². The third-order valence-electron chi connectivity index (χ3n) is 5.00. The van der Waals surface area contributed by atoms with E-state index < -0.39 is 0 Å². The van der Waals surface area contributed by atoms with Crippen LogP contribution in [0.15, 0.2) is 35.5 Å². The number of tetrazole rings is 1. The van der Waals surface area contributed by atoms with Crippen LogP contribution >= 0.6 is 11.8 Å². The van der Waals surface area contributed by atoms with Crippen LogP contribution in [0.5, 0.6) is 0 Å². The van der Waals surface area contributed by atoms with Gasteiger partial charge in [0.2, 0.25) is 5.16 Å². The molecule has 3 atom stereocenters. The Balaban J connectivity index is 1.59. The molecule has 2 aromatic rings. The number of hydrogen-bond donors (Lipinski definition) is 0. The number of benzene rings is 1. The summed E-state index contributed by atoms with van der Waals surface area (Å²) in [5, 5.41) is 12.3. The van der Waals surface area contributed by atoms with Gasteiger partial charge in [-0.15, -0.1) is 5.10 Å². The zero-order valence-corrected chi connectivity index (χ0v) is 16.4. The SMILES string of the molecule is CC(C)[C@H]1CC[C@H](C)C[C@@H]1OC(=O)CSc1nnnn1-c1ccccc1. The number of nitrogens with zero attached hydrogens (tertiary/aromatic N) is 4. The molecule has 0 amide bonds. The molecule has 1 aliphatic carbocycles. The van der Waals surface area contributed by atoms with Gasteiger partial charge in [-0.1, -0.05) is 57.2 Å². The number of esters is 1. The molecule has 1 aromatic heterocycles. The maximum absolute atomic E-state index is 12.4. The van der Waals surface area contributed by atoms with Crippen molar-refractivity contribution in [2.24, 2.45) is 17.8 Å². The topological polar surface area (TPSA) is 69.9 Å². The molecule has 0 saturated heterocycles. The van der Waals surface area contributed by atoms with E-state index in [1.54, 1.807) is 4.68 Å². The molecule has 0 radical (unpaired) electrons. The minimum atomic E-state index is -0.192. The summed E-state index contributed by atoms with van der Waals surface area (Å²) in [4.78, 5) is 12.4. The number of thioether (sulfide) groups is 1. The fourth-order valence-corrected chi connectivity index (χ4v) is 4.25. The molecule has 0 bridgehead atoms. The van der Waals surface area contributed by atoms with Crippen molar-refractivity contribution in [3.63, 3.8) is 0 Å². The van der Waals surface area contributed by atoms with Crippen LogP contribution in [0.25, 0.3) is 5.69 Å². The number of carbonyl (C=O) groups excluding carboxylic acids is 1. The molecule has 0 aliphatic heterocycles. The average Bonchev–Trinajstić information content (AvgIpc) is 3.09. The van der Waals surface area contributed by atoms with Crippen molar-refractivity contribution in [3.8, 4) is 5.69 Å². The van der Waals surface area contributed by atoms with Crippen molar-refractivity contribution in [3.05, 3.63) is 30.3 Å². The predicted molar refractivity (Wildman–Crippen MR) is 101 cm³/mol. The molecule has 0 unspecified atom stereocenters. The Morgan fingerprint density at radius 1 is 1.31 bits per heavy atom. The molecule has 140 valence electrons. The molecule has 1 heterocycles. The van der Waals surface area contributed by atoms with Crippen molar-refractivity contribution in [2.45, 2.75) is 51.3 Å². The highest BCUT2D eigenvalue weighted by Gasteiger charge is 2.33. The van der Waals surface area contributed by atoms with Gasteiger partial charge < -0.3 is 4.74 Å². The van der Waals surface area contributed by atoms with Gasteiger partial charge in [-0.05, 0) is 53.2 Å². The lowest BCUT2D eigenvalue weighted by Crippen LogP contribution is -2.36. The molecule has 1 aliphatic rings. The smallest absolute Gasteiger partial charge is 0.316 e. The first kappa shape index (κ1) is 18.9. The molecule has 26 heavy (non-hydrogen) atoms. The monoisotopic (exact) mass is 374 g/mol. The number of aromatic nitrogens is 4. The number of rotatable bonds is 6. The van der Waals surface area contributed by atoms with Gasteiger partial charge in [0, 0.05) is 0 Å². The lowest BCUT2D eigenvalue weighted by Gasteiger charge is -2.36. The highest BCUT2D eigenvalue weighted by molar-refractivity contribution is 7.99. The first-order chi connectivity index (χ1) is 12.5. The molecule has 7 heteroatoms. The van der Waals surface area contributed by atoms with E-state index in [4.69, 9.17) is 4.74 Å². The fraction of sp³-hybridized carbons (Fsp3) is 0.579. The molecule has 1 saturated carbocycles. The van der Waals surface area contributed by atoms with Crippen LogP contribution in [0.2, 0.25) is 0 Å². The summed E-state index contributed by atoms with van der Waals surface area (Å²) in [6, 6.07) is 9.64. The summed E-state index contributed by atoms with van der Waals surface area (Å²) in [5.74, 6) is 1.61. The Labute approximate surface area is 158 Å². The normalized spacial score (nSPS) is 23.2. The number of ether oxygens (including phenoxy) is 1. The van der Waals surface area contributed by atoms with Crippen LogP contribution in [0.4, 0.5) is 0 Å². The largest absolute Gasteiger partial charge is 0.461 e. The predicted octanol–water partition coefficient (Wildman–Crippen LogP) is 3.76. The first-order valence-corrected chi connectivity index (χ1v) is 10.2. The molecule has 1 aromatic carbocycles.